The molecule has 0 aliphatic carbocycles. The van der Waals surface area contributed by atoms with Gasteiger partial charge in [-0.3, -0.25) is 24.1 Å². The number of rotatable bonds is 6. The Balaban J connectivity index is 1.63. The molecule has 0 aromatic heterocycles. The number of aliphatic hydroxyl groups is 1. The van der Waals surface area contributed by atoms with Crippen LogP contribution < -0.4 is 5.32 Å². The first-order chi connectivity index (χ1) is 15.0. The molecule has 1 aromatic rings. The highest BCUT2D eigenvalue weighted by atomic mass is 16.3. The third kappa shape index (κ3) is 4.32. The number of imide groups is 1. The fourth-order valence-corrected chi connectivity index (χ4v) is 4.22. The number of β-amino-alcohol motifs (C(OH)–C–C–N with tert-alkyl or cyclic N) is 1. The highest BCUT2D eigenvalue weighted by Crippen LogP contribution is 2.24. The van der Waals surface area contributed by atoms with E-state index in [1.54, 1.807) is 28.0 Å². The summed E-state index contributed by atoms with van der Waals surface area (Å²) in [4.78, 5) is 54.9. The van der Waals surface area contributed by atoms with Crippen LogP contribution in [0.2, 0.25) is 0 Å². The van der Waals surface area contributed by atoms with Gasteiger partial charge in [-0.05, 0) is 43.9 Å². The lowest BCUT2D eigenvalue weighted by Crippen LogP contribution is -2.34. The molecule has 0 radical (unpaired) electrons. The number of likely N-dealkylation sites (tertiary alicyclic amines) is 2. The molecule has 2 saturated heterocycles. The number of anilines is 1. The van der Waals surface area contributed by atoms with Crippen LogP contribution >= 0.6 is 0 Å². The Bertz CT molecular complexity index is 899. The van der Waals surface area contributed by atoms with Crippen LogP contribution in [0.1, 0.15) is 46.4 Å². The van der Waals surface area contributed by atoms with E-state index in [1.165, 1.54) is 0 Å². The van der Waals surface area contributed by atoms with E-state index in [0.29, 0.717) is 43.0 Å². The average molecular weight is 426 g/mol. The monoisotopic (exact) mass is 426 g/mol. The summed E-state index contributed by atoms with van der Waals surface area (Å²) in [6.07, 6.45) is 4.97. The van der Waals surface area contributed by atoms with Crippen molar-refractivity contribution in [1.82, 2.24) is 14.7 Å². The number of nitrogens with one attached hydrogen (secondary N) is 1. The molecule has 3 heterocycles. The summed E-state index contributed by atoms with van der Waals surface area (Å²) in [5.41, 5.74) is 1.19. The van der Waals surface area contributed by atoms with Crippen molar-refractivity contribution in [3.63, 3.8) is 0 Å². The van der Waals surface area contributed by atoms with Crippen molar-refractivity contribution in [2.24, 2.45) is 0 Å². The second-order valence-corrected chi connectivity index (χ2v) is 8.00. The van der Waals surface area contributed by atoms with Gasteiger partial charge in [0.05, 0.1) is 13.2 Å². The first-order valence-corrected chi connectivity index (χ1v) is 10.7. The molecule has 0 bridgehead atoms. The molecule has 0 spiro atoms. The van der Waals surface area contributed by atoms with Gasteiger partial charge >= 0.3 is 0 Å². The van der Waals surface area contributed by atoms with Crippen LogP contribution in [-0.4, -0.2) is 82.8 Å². The van der Waals surface area contributed by atoms with Gasteiger partial charge in [-0.2, -0.15) is 0 Å². The van der Waals surface area contributed by atoms with Gasteiger partial charge < -0.3 is 20.2 Å². The fraction of sp³-hybridized carbons (Fsp3) is 0.455. The van der Waals surface area contributed by atoms with Crippen LogP contribution in [0.15, 0.2) is 30.0 Å². The molecule has 1 aromatic carbocycles. The molecule has 2 fully saturated rings. The van der Waals surface area contributed by atoms with E-state index >= 15 is 0 Å². The quantitative estimate of drug-likeness (QED) is 0.652. The number of hydrogen-bond acceptors (Lipinski definition) is 6. The molecule has 4 rings (SSSR count). The molecular formula is C22H26N4O5. The van der Waals surface area contributed by atoms with E-state index < -0.39 is 11.8 Å². The number of carbonyl (C=O) groups excluding carboxylic acids is 4. The zero-order chi connectivity index (χ0) is 22.0. The van der Waals surface area contributed by atoms with Gasteiger partial charge in [-0.15, -0.1) is 0 Å². The Hall–Kier alpha value is -3.20. The van der Waals surface area contributed by atoms with Crippen LogP contribution in [-0.2, 0) is 9.59 Å². The summed E-state index contributed by atoms with van der Waals surface area (Å²) in [7, 11) is 0. The van der Waals surface area contributed by atoms with Gasteiger partial charge in [0.15, 0.2) is 0 Å². The lowest BCUT2D eigenvalue weighted by molar-refractivity contribution is -0.137. The lowest BCUT2D eigenvalue weighted by Gasteiger charge is -2.20. The zero-order valence-corrected chi connectivity index (χ0v) is 17.3. The summed E-state index contributed by atoms with van der Waals surface area (Å²) >= 11 is 0. The van der Waals surface area contributed by atoms with Gasteiger partial charge in [0.25, 0.3) is 23.6 Å². The fourth-order valence-electron chi connectivity index (χ4n) is 4.22. The van der Waals surface area contributed by atoms with E-state index in [9.17, 15) is 19.2 Å². The first-order valence-electron chi connectivity index (χ1n) is 10.7. The van der Waals surface area contributed by atoms with E-state index in [4.69, 9.17) is 5.11 Å². The normalized spacial score (nSPS) is 18.7. The lowest BCUT2D eigenvalue weighted by atomic mass is 10.1. The molecule has 2 N–H and O–H groups in total. The second kappa shape index (κ2) is 8.89. The van der Waals surface area contributed by atoms with Gasteiger partial charge in [-0.25, -0.2) is 0 Å². The summed E-state index contributed by atoms with van der Waals surface area (Å²) in [6.45, 7) is 2.30. The number of nitrogens with zero attached hydrogens (tertiary/aromatic N) is 3. The smallest absolute Gasteiger partial charge is 0.277 e. The maximum absolute atomic E-state index is 13.0. The van der Waals surface area contributed by atoms with Crippen molar-refractivity contribution < 1.29 is 24.3 Å². The van der Waals surface area contributed by atoms with Crippen LogP contribution in [0.25, 0.3) is 0 Å². The zero-order valence-electron chi connectivity index (χ0n) is 17.3. The molecule has 3 aliphatic rings. The van der Waals surface area contributed by atoms with E-state index in [-0.39, 0.29) is 30.7 Å². The van der Waals surface area contributed by atoms with Crippen LogP contribution in [0.5, 0.6) is 0 Å². The molecule has 3 aliphatic heterocycles. The van der Waals surface area contributed by atoms with Crippen molar-refractivity contribution in [2.45, 2.75) is 25.7 Å². The predicted molar refractivity (Wildman–Crippen MR) is 112 cm³/mol. The van der Waals surface area contributed by atoms with Crippen molar-refractivity contribution >= 4 is 29.3 Å². The summed E-state index contributed by atoms with van der Waals surface area (Å²) in [5, 5.41) is 12.0. The number of carbonyl (C=O) groups is 4. The van der Waals surface area contributed by atoms with Crippen LogP contribution in [0.4, 0.5) is 5.69 Å². The minimum atomic E-state index is -0.553. The molecule has 164 valence electrons. The highest BCUT2D eigenvalue weighted by molar-refractivity contribution is 6.17. The minimum absolute atomic E-state index is 0.0452. The Morgan fingerprint density at radius 3 is 1.87 bits per heavy atom. The largest absolute Gasteiger partial charge is 0.395 e. The van der Waals surface area contributed by atoms with Crippen molar-refractivity contribution in [1.29, 1.82) is 0 Å². The van der Waals surface area contributed by atoms with Crippen LogP contribution in [0, 0.1) is 0 Å². The Kier molecular flexibility index (Phi) is 6.03. The third-order valence-corrected chi connectivity index (χ3v) is 5.83. The molecular weight excluding hydrogens is 400 g/mol. The maximum atomic E-state index is 13.0. The Morgan fingerprint density at radius 1 is 0.871 bits per heavy atom. The van der Waals surface area contributed by atoms with E-state index in [2.05, 4.69) is 5.32 Å². The van der Waals surface area contributed by atoms with Crippen molar-refractivity contribution in [2.75, 3.05) is 44.6 Å². The SMILES string of the molecule is O=C(c1cc(NC2=CC(=O)N(CCO)C2=O)cc(C(=O)N2CCCC2)c1)N1CCCC1. The van der Waals surface area contributed by atoms with Crippen LogP contribution in [0.3, 0.4) is 0 Å². The molecule has 4 amide bonds. The summed E-state index contributed by atoms with van der Waals surface area (Å²) < 4.78 is 0. The topological polar surface area (TPSA) is 110 Å². The van der Waals surface area contributed by atoms with E-state index in [1.807, 2.05) is 0 Å². The maximum Gasteiger partial charge on any atom is 0.277 e. The molecule has 9 heteroatoms. The minimum Gasteiger partial charge on any atom is -0.395 e. The molecule has 0 saturated carbocycles. The average Bonchev–Trinajstić information content (AvgIpc) is 3.53. The third-order valence-electron chi connectivity index (χ3n) is 5.83. The molecule has 31 heavy (non-hydrogen) atoms. The van der Waals surface area contributed by atoms with Gasteiger partial charge in [0, 0.05) is 49.1 Å². The molecule has 0 atom stereocenters. The van der Waals surface area contributed by atoms with Gasteiger partial charge in [-0.1, -0.05) is 0 Å². The molecule has 0 unspecified atom stereocenters. The predicted octanol–water partition coefficient (Wildman–Crippen LogP) is 0.815. The molecule has 9 nitrogen and oxygen atoms in total. The standard InChI is InChI=1S/C22H26N4O5/c27-10-9-26-19(28)14-18(22(26)31)23-17-12-15(20(29)24-5-1-2-6-24)11-16(13-17)21(30)25-7-3-4-8-25/h11-14,23,27H,1-10H2. The highest BCUT2D eigenvalue weighted by Gasteiger charge is 2.31. The second-order valence-electron chi connectivity index (χ2n) is 8.00. The Morgan fingerprint density at radius 2 is 1.39 bits per heavy atom. The number of hydrogen-bond donors (Lipinski definition) is 2. The number of aliphatic hydroxyl groups excluding tert-OH is 1. The number of amides is 4. The Labute approximate surface area is 180 Å². The summed E-state index contributed by atoms with van der Waals surface area (Å²) in [6, 6.07) is 4.82. The van der Waals surface area contributed by atoms with Crippen molar-refractivity contribution in [3.8, 4) is 0 Å². The summed E-state index contributed by atoms with van der Waals surface area (Å²) in [5.74, 6) is -1.37. The van der Waals surface area contributed by atoms with Gasteiger partial charge in [0.2, 0.25) is 0 Å². The van der Waals surface area contributed by atoms with E-state index in [0.717, 1.165) is 36.7 Å². The van der Waals surface area contributed by atoms with Crippen molar-refractivity contribution in [3.05, 3.63) is 41.1 Å². The number of benzene rings is 1. The first kappa shape index (κ1) is 21.0. The van der Waals surface area contributed by atoms with Gasteiger partial charge in [0.1, 0.15) is 5.70 Å².